The summed E-state index contributed by atoms with van der Waals surface area (Å²) in [5, 5.41) is 7.68. The highest BCUT2D eigenvalue weighted by Gasteiger charge is 1.95. The van der Waals surface area contributed by atoms with Crippen LogP contribution in [-0.2, 0) is 18.2 Å². The second kappa shape index (κ2) is 7.43. The number of aryl methyl sites for hydroxylation is 1. The summed E-state index contributed by atoms with van der Waals surface area (Å²) in [4.78, 5) is 0. The lowest BCUT2D eigenvalue weighted by Gasteiger charge is -2.03. The first-order valence-electron chi connectivity index (χ1n) is 5.60. The molecule has 0 saturated heterocycles. The topological polar surface area (TPSA) is 39.1 Å². The molecule has 0 aromatic carbocycles. The molecule has 4 heteroatoms. The van der Waals surface area contributed by atoms with Gasteiger partial charge < -0.3 is 10.1 Å². The predicted octanol–water partition coefficient (Wildman–Crippen LogP) is 0.979. The van der Waals surface area contributed by atoms with E-state index in [1.807, 2.05) is 24.9 Å². The van der Waals surface area contributed by atoms with E-state index in [1.165, 1.54) is 0 Å². The number of nitrogens with one attached hydrogen (secondary N) is 1. The van der Waals surface area contributed by atoms with Crippen LogP contribution in [0.5, 0.6) is 0 Å². The molecular weight excluding hydrogens is 190 g/mol. The number of hydrogen-bond donors (Lipinski definition) is 1. The Kier molecular flexibility index (Phi) is 6.04. The van der Waals surface area contributed by atoms with Crippen molar-refractivity contribution in [2.45, 2.75) is 19.8 Å². The van der Waals surface area contributed by atoms with Crippen LogP contribution in [0.1, 0.15) is 19.0 Å². The van der Waals surface area contributed by atoms with Crippen molar-refractivity contribution in [2.75, 3.05) is 26.3 Å². The summed E-state index contributed by atoms with van der Waals surface area (Å²) in [7, 11) is 1.94. The highest BCUT2D eigenvalue weighted by molar-refractivity contribution is 4.98. The zero-order valence-corrected chi connectivity index (χ0v) is 9.70. The molecule has 0 fully saturated rings. The van der Waals surface area contributed by atoms with Crippen molar-refractivity contribution in [3.63, 3.8) is 0 Å². The van der Waals surface area contributed by atoms with Gasteiger partial charge in [0.05, 0.1) is 5.69 Å². The van der Waals surface area contributed by atoms with Crippen LogP contribution in [0.15, 0.2) is 12.3 Å². The Morgan fingerprint density at radius 3 is 3.00 bits per heavy atom. The fraction of sp³-hybridized carbons (Fsp3) is 0.727. The second-order valence-corrected chi connectivity index (χ2v) is 3.53. The van der Waals surface area contributed by atoms with Crippen LogP contribution in [-0.4, -0.2) is 36.1 Å². The van der Waals surface area contributed by atoms with E-state index in [-0.39, 0.29) is 0 Å². The molecule has 0 unspecified atom stereocenters. The summed E-state index contributed by atoms with van der Waals surface area (Å²) >= 11 is 0. The van der Waals surface area contributed by atoms with Crippen LogP contribution in [0.2, 0.25) is 0 Å². The Labute approximate surface area is 91.6 Å². The monoisotopic (exact) mass is 211 g/mol. The van der Waals surface area contributed by atoms with Gasteiger partial charge in [0.2, 0.25) is 0 Å². The van der Waals surface area contributed by atoms with Crippen LogP contribution in [0.3, 0.4) is 0 Å². The third-order valence-electron chi connectivity index (χ3n) is 2.17. The standard InChI is InChI=1S/C11H21N3O/c1-3-15-10-4-7-12-8-5-11-6-9-14(2)13-11/h6,9,12H,3-5,7-8,10H2,1-2H3. The van der Waals surface area contributed by atoms with E-state index in [9.17, 15) is 0 Å². The first-order valence-corrected chi connectivity index (χ1v) is 5.60. The van der Waals surface area contributed by atoms with Gasteiger partial charge in [-0.25, -0.2) is 0 Å². The zero-order valence-electron chi connectivity index (χ0n) is 9.70. The van der Waals surface area contributed by atoms with Crippen LogP contribution in [0.4, 0.5) is 0 Å². The lowest BCUT2D eigenvalue weighted by molar-refractivity contribution is 0.145. The quantitative estimate of drug-likeness (QED) is 0.651. The minimum atomic E-state index is 0.813. The average molecular weight is 211 g/mol. The molecule has 0 radical (unpaired) electrons. The summed E-state index contributed by atoms with van der Waals surface area (Å²) in [6.45, 7) is 5.70. The van der Waals surface area contributed by atoms with E-state index in [2.05, 4.69) is 16.5 Å². The van der Waals surface area contributed by atoms with Gasteiger partial charge in [-0.1, -0.05) is 0 Å². The lowest BCUT2D eigenvalue weighted by atomic mass is 10.3. The smallest absolute Gasteiger partial charge is 0.0637 e. The normalized spacial score (nSPS) is 10.8. The van der Waals surface area contributed by atoms with Crippen molar-refractivity contribution in [3.8, 4) is 0 Å². The van der Waals surface area contributed by atoms with Gasteiger partial charge in [0.25, 0.3) is 0 Å². The van der Waals surface area contributed by atoms with Crippen molar-refractivity contribution in [2.24, 2.45) is 7.05 Å². The second-order valence-electron chi connectivity index (χ2n) is 3.53. The summed E-state index contributed by atoms with van der Waals surface area (Å²) in [5.41, 5.74) is 1.15. The maximum absolute atomic E-state index is 5.25. The Bertz CT molecular complexity index is 260. The number of ether oxygens (including phenoxy) is 1. The SMILES string of the molecule is CCOCCCNCCc1ccn(C)n1. The third-order valence-corrected chi connectivity index (χ3v) is 2.17. The van der Waals surface area contributed by atoms with Crippen LogP contribution in [0.25, 0.3) is 0 Å². The molecule has 0 aliphatic heterocycles. The molecule has 0 bridgehead atoms. The molecule has 1 rings (SSSR count). The third kappa shape index (κ3) is 5.54. The van der Waals surface area contributed by atoms with Gasteiger partial charge in [-0.15, -0.1) is 0 Å². The fourth-order valence-corrected chi connectivity index (χ4v) is 1.38. The Balaban J connectivity index is 1.93. The number of aromatic nitrogens is 2. The molecule has 0 aliphatic carbocycles. The molecule has 0 amide bonds. The van der Waals surface area contributed by atoms with Gasteiger partial charge >= 0.3 is 0 Å². The first kappa shape index (κ1) is 12.2. The Hall–Kier alpha value is -0.870. The van der Waals surface area contributed by atoms with E-state index < -0.39 is 0 Å². The van der Waals surface area contributed by atoms with Gasteiger partial charge in [-0.05, 0) is 26.0 Å². The van der Waals surface area contributed by atoms with Crippen molar-refractivity contribution >= 4 is 0 Å². The van der Waals surface area contributed by atoms with Gasteiger partial charge in [0.15, 0.2) is 0 Å². The summed E-state index contributed by atoms with van der Waals surface area (Å²) in [6.07, 6.45) is 4.05. The highest BCUT2D eigenvalue weighted by atomic mass is 16.5. The lowest BCUT2D eigenvalue weighted by Crippen LogP contribution is -2.20. The van der Waals surface area contributed by atoms with Gasteiger partial charge in [-0.3, -0.25) is 4.68 Å². The maximum Gasteiger partial charge on any atom is 0.0637 e. The van der Waals surface area contributed by atoms with Crippen molar-refractivity contribution in [1.29, 1.82) is 0 Å². The van der Waals surface area contributed by atoms with E-state index in [4.69, 9.17) is 4.74 Å². The molecule has 0 atom stereocenters. The number of hydrogen-bond acceptors (Lipinski definition) is 3. The molecule has 1 aromatic heterocycles. The van der Waals surface area contributed by atoms with Gasteiger partial charge in [0.1, 0.15) is 0 Å². The minimum absolute atomic E-state index is 0.813. The number of nitrogens with zero attached hydrogens (tertiary/aromatic N) is 2. The molecule has 1 heterocycles. The highest BCUT2D eigenvalue weighted by Crippen LogP contribution is 1.93. The fourth-order valence-electron chi connectivity index (χ4n) is 1.38. The van der Waals surface area contributed by atoms with E-state index >= 15 is 0 Å². The molecule has 86 valence electrons. The first-order chi connectivity index (χ1) is 7.33. The van der Waals surface area contributed by atoms with E-state index in [0.717, 1.165) is 44.8 Å². The number of rotatable bonds is 8. The Morgan fingerprint density at radius 1 is 1.47 bits per heavy atom. The summed E-state index contributed by atoms with van der Waals surface area (Å²) < 4.78 is 7.08. The average Bonchev–Trinajstić information content (AvgIpc) is 2.63. The van der Waals surface area contributed by atoms with E-state index in [0.29, 0.717) is 0 Å². The van der Waals surface area contributed by atoms with Crippen LogP contribution < -0.4 is 5.32 Å². The molecular formula is C11H21N3O. The molecule has 0 spiro atoms. The van der Waals surface area contributed by atoms with Gasteiger partial charge in [0, 0.05) is 39.4 Å². The predicted molar refractivity (Wildman–Crippen MR) is 60.9 cm³/mol. The van der Waals surface area contributed by atoms with Crippen molar-refractivity contribution in [1.82, 2.24) is 15.1 Å². The van der Waals surface area contributed by atoms with Crippen LogP contribution >= 0.6 is 0 Å². The zero-order chi connectivity index (χ0) is 10.9. The van der Waals surface area contributed by atoms with Crippen molar-refractivity contribution in [3.05, 3.63) is 18.0 Å². The summed E-state index contributed by atoms with van der Waals surface area (Å²) in [5.74, 6) is 0. The van der Waals surface area contributed by atoms with Crippen LogP contribution in [0, 0.1) is 0 Å². The molecule has 0 saturated carbocycles. The van der Waals surface area contributed by atoms with E-state index in [1.54, 1.807) is 0 Å². The Morgan fingerprint density at radius 2 is 2.33 bits per heavy atom. The largest absolute Gasteiger partial charge is 0.382 e. The maximum atomic E-state index is 5.25. The summed E-state index contributed by atoms with van der Waals surface area (Å²) in [6, 6.07) is 2.06. The molecule has 1 aromatic rings. The molecule has 15 heavy (non-hydrogen) atoms. The van der Waals surface area contributed by atoms with Gasteiger partial charge in [-0.2, -0.15) is 5.10 Å². The molecule has 1 N–H and O–H groups in total. The molecule has 4 nitrogen and oxygen atoms in total. The molecule has 0 aliphatic rings. The van der Waals surface area contributed by atoms with Crippen molar-refractivity contribution < 1.29 is 4.74 Å². The minimum Gasteiger partial charge on any atom is -0.382 e.